The number of nitrogens with zero attached hydrogens (tertiary/aromatic N) is 2. The summed E-state index contributed by atoms with van der Waals surface area (Å²) in [6, 6.07) is 19.7. The first-order valence-electron chi connectivity index (χ1n) is 6.57. The Bertz CT molecular complexity index is 613. The molecule has 3 aromatic rings. The van der Waals surface area contributed by atoms with E-state index in [2.05, 4.69) is 22.3 Å². The third kappa shape index (κ3) is 4.10. The summed E-state index contributed by atoms with van der Waals surface area (Å²) in [5, 5.41) is 8.01. The van der Waals surface area contributed by atoms with Crippen molar-refractivity contribution in [3.63, 3.8) is 0 Å². The molecular formula is C16H14N2O2S. The molecule has 0 aliphatic rings. The highest BCUT2D eigenvalue weighted by Gasteiger charge is 2.07. The fourth-order valence-corrected chi connectivity index (χ4v) is 2.48. The summed E-state index contributed by atoms with van der Waals surface area (Å²) in [6.07, 6.45) is 0. The average molecular weight is 298 g/mol. The molecule has 1 heterocycles. The SMILES string of the molecule is c1ccc(OCc2nnc(CSc3ccccc3)o2)cc1. The van der Waals surface area contributed by atoms with Crippen LogP contribution in [-0.4, -0.2) is 10.2 Å². The van der Waals surface area contributed by atoms with Crippen LogP contribution in [-0.2, 0) is 12.4 Å². The molecule has 0 unspecified atom stereocenters. The van der Waals surface area contributed by atoms with E-state index >= 15 is 0 Å². The Hall–Kier alpha value is -2.27. The van der Waals surface area contributed by atoms with Gasteiger partial charge in [-0.25, -0.2) is 0 Å². The highest BCUT2D eigenvalue weighted by molar-refractivity contribution is 7.98. The zero-order chi connectivity index (χ0) is 14.3. The maximum Gasteiger partial charge on any atom is 0.253 e. The van der Waals surface area contributed by atoms with Crippen LogP contribution in [0, 0.1) is 0 Å². The summed E-state index contributed by atoms with van der Waals surface area (Å²) < 4.78 is 11.1. The first-order chi connectivity index (χ1) is 10.4. The van der Waals surface area contributed by atoms with Crippen molar-refractivity contribution in [2.24, 2.45) is 0 Å². The molecule has 0 aliphatic carbocycles. The third-order valence-corrected chi connectivity index (χ3v) is 3.72. The van der Waals surface area contributed by atoms with Crippen molar-refractivity contribution in [2.75, 3.05) is 0 Å². The molecule has 0 aliphatic heterocycles. The van der Waals surface area contributed by atoms with Gasteiger partial charge < -0.3 is 9.15 Å². The summed E-state index contributed by atoms with van der Waals surface area (Å²) in [7, 11) is 0. The summed E-state index contributed by atoms with van der Waals surface area (Å²) in [6.45, 7) is 0.285. The Balaban J connectivity index is 1.52. The minimum atomic E-state index is 0.285. The van der Waals surface area contributed by atoms with Crippen LogP contribution >= 0.6 is 11.8 Å². The van der Waals surface area contributed by atoms with Gasteiger partial charge in [0.05, 0.1) is 5.75 Å². The molecule has 0 fully saturated rings. The van der Waals surface area contributed by atoms with E-state index in [0.717, 1.165) is 5.75 Å². The standard InChI is InChI=1S/C16H14N2O2S/c1-3-7-13(8-4-1)19-11-15-17-18-16(20-15)12-21-14-9-5-2-6-10-14/h1-10H,11-12H2. The van der Waals surface area contributed by atoms with Crippen LogP contribution in [0.5, 0.6) is 5.75 Å². The topological polar surface area (TPSA) is 48.2 Å². The van der Waals surface area contributed by atoms with Crippen molar-refractivity contribution >= 4 is 11.8 Å². The van der Waals surface area contributed by atoms with E-state index in [1.165, 1.54) is 4.90 Å². The Morgan fingerprint density at radius 3 is 2.29 bits per heavy atom. The minimum absolute atomic E-state index is 0.285. The summed E-state index contributed by atoms with van der Waals surface area (Å²) in [4.78, 5) is 1.18. The highest BCUT2D eigenvalue weighted by Crippen LogP contribution is 2.21. The molecule has 0 saturated heterocycles. The van der Waals surface area contributed by atoms with Gasteiger partial charge in [0.2, 0.25) is 5.89 Å². The van der Waals surface area contributed by atoms with Crippen LogP contribution in [0.1, 0.15) is 11.8 Å². The van der Waals surface area contributed by atoms with Crippen LogP contribution < -0.4 is 4.74 Å². The lowest BCUT2D eigenvalue weighted by Gasteiger charge is -2.01. The summed E-state index contributed by atoms with van der Waals surface area (Å²) in [5.74, 6) is 2.54. The molecule has 106 valence electrons. The molecule has 0 amide bonds. The van der Waals surface area contributed by atoms with Gasteiger partial charge in [-0.05, 0) is 24.3 Å². The second-order valence-electron chi connectivity index (χ2n) is 4.29. The first-order valence-corrected chi connectivity index (χ1v) is 7.56. The number of hydrogen-bond acceptors (Lipinski definition) is 5. The van der Waals surface area contributed by atoms with Crippen LogP contribution in [0.4, 0.5) is 0 Å². The molecule has 1 aromatic heterocycles. The van der Waals surface area contributed by atoms with Crippen molar-refractivity contribution in [1.82, 2.24) is 10.2 Å². The molecule has 0 atom stereocenters. The van der Waals surface area contributed by atoms with Gasteiger partial charge in [0.1, 0.15) is 5.75 Å². The lowest BCUT2D eigenvalue weighted by Crippen LogP contribution is -1.95. The second-order valence-corrected chi connectivity index (χ2v) is 5.34. The number of thioether (sulfide) groups is 1. The molecule has 0 spiro atoms. The molecule has 5 heteroatoms. The average Bonchev–Trinajstić information content (AvgIpc) is 3.01. The molecular weight excluding hydrogens is 284 g/mol. The van der Waals surface area contributed by atoms with E-state index in [-0.39, 0.29) is 6.61 Å². The highest BCUT2D eigenvalue weighted by atomic mass is 32.2. The Morgan fingerprint density at radius 2 is 1.52 bits per heavy atom. The fraction of sp³-hybridized carbons (Fsp3) is 0.125. The maximum absolute atomic E-state index is 5.57. The fourth-order valence-electron chi connectivity index (χ4n) is 1.73. The first kappa shape index (κ1) is 13.7. The lowest BCUT2D eigenvalue weighted by atomic mass is 10.3. The van der Waals surface area contributed by atoms with Gasteiger partial charge in [0.15, 0.2) is 6.61 Å². The van der Waals surface area contributed by atoms with Gasteiger partial charge in [0, 0.05) is 4.90 Å². The predicted octanol–water partition coefficient (Wildman–Crippen LogP) is 3.94. The Morgan fingerprint density at radius 1 is 0.857 bits per heavy atom. The lowest BCUT2D eigenvalue weighted by molar-refractivity contribution is 0.260. The van der Waals surface area contributed by atoms with Crippen LogP contribution in [0.25, 0.3) is 0 Å². The van der Waals surface area contributed by atoms with Crippen LogP contribution in [0.2, 0.25) is 0 Å². The molecule has 0 bridgehead atoms. The second kappa shape index (κ2) is 6.95. The van der Waals surface area contributed by atoms with Crippen molar-refractivity contribution in [3.8, 4) is 5.75 Å². The summed E-state index contributed by atoms with van der Waals surface area (Å²) in [5.41, 5.74) is 0. The zero-order valence-electron chi connectivity index (χ0n) is 11.3. The molecule has 0 saturated carbocycles. The van der Waals surface area contributed by atoms with Gasteiger partial charge in [0.25, 0.3) is 5.89 Å². The molecule has 2 aromatic carbocycles. The number of benzene rings is 2. The van der Waals surface area contributed by atoms with Crippen molar-refractivity contribution in [1.29, 1.82) is 0 Å². The van der Waals surface area contributed by atoms with E-state index in [0.29, 0.717) is 17.5 Å². The molecule has 0 N–H and O–H groups in total. The van der Waals surface area contributed by atoms with E-state index in [4.69, 9.17) is 9.15 Å². The van der Waals surface area contributed by atoms with E-state index < -0.39 is 0 Å². The number of para-hydroxylation sites is 1. The maximum atomic E-state index is 5.57. The predicted molar refractivity (Wildman–Crippen MR) is 81.1 cm³/mol. The van der Waals surface area contributed by atoms with Gasteiger partial charge in [-0.2, -0.15) is 0 Å². The van der Waals surface area contributed by atoms with Gasteiger partial charge in [-0.1, -0.05) is 36.4 Å². The number of rotatable bonds is 6. The van der Waals surface area contributed by atoms with Crippen molar-refractivity contribution < 1.29 is 9.15 Å². The van der Waals surface area contributed by atoms with Crippen molar-refractivity contribution in [2.45, 2.75) is 17.3 Å². The van der Waals surface area contributed by atoms with Gasteiger partial charge >= 0.3 is 0 Å². The Kier molecular flexibility index (Phi) is 4.53. The van der Waals surface area contributed by atoms with Crippen LogP contribution in [0.15, 0.2) is 70.0 Å². The number of aromatic nitrogens is 2. The Labute approximate surface area is 127 Å². The monoisotopic (exact) mass is 298 g/mol. The van der Waals surface area contributed by atoms with E-state index in [1.54, 1.807) is 11.8 Å². The minimum Gasteiger partial charge on any atom is -0.484 e. The normalized spacial score (nSPS) is 10.5. The molecule has 0 radical (unpaired) electrons. The van der Waals surface area contributed by atoms with E-state index in [9.17, 15) is 0 Å². The molecule has 21 heavy (non-hydrogen) atoms. The molecule has 3 rings (SSSR count). The third-order valence-electron chi connectivity index (χ3n) is 2.72. The zero-order valence-corrected chi connectivity index (χ0v) is 12.1. The quantitative estimate of drug-likeness (QED) is 0.645. The summed E-state index contributed by atoms with van der Waals surface area (Å²) >= 11 is 1.66. The largest absolute Gasteiger partial charge is 0.484 e. The van der Waals surface area contributed by atoms with Gasteiger partial charge in [-0.15, -0.1) is 22.0 Å². The molecule has 4 nitrogen and oxygen atoms in total. The number of hydrogen-bond donors (Lipinski definition) is 0. The van der Waals surface area contributed by atoms with Crippen LogP contribution in [0.3, 0.4) is 0 Å². The van der Waals surface area contributed by atoms with Crippen molar-refractivity contribution in [3.05, 3.63) is 72.4 Å². The van der Waals surface area contributed by atoms with E-state index in [1.807, 2.05) is 48.5 Å². The van der Waals surface area contributed by atoms with Gasteiger partial charge in [-0.3, -0.25) is 0 Å². The number of ether oxygens (including phenoxy) is 1. The smallest absolute Gasteiger partial charge is 0.253 e.